The number of rotatable bonds is 11. The average Bonchev–Trinajstić information content (AvgIpc) is 2.63. The molecule has 10 heteroatoms. The van der Waals surface area contributed by atoms with Crippen LogP contribution in [0, 0.1) is 6.92 Å². The second kappa shape index (κ2) is 11.4. The van der Waals surface area contributed by atoms with Crippen LogP contribution in [0.2, 0.25) is 5.02 Å². The number of aromatic nitrogens is 3. The highest BCUT2D eigenvalue weighted by Crippen LogP contribution is 2.21. The number of anilines is 2. The minimum absolute atomic E-state index is 0.0981. The van der Waals surface area contributed by atoms with Crippen molar-refractivity contribution in [3.63, 3.8) is 0 Å². The molecule has 0 spiro atoms. The van der Waals surface area contributed by atoms with Crippen molar-refractivity contribution in [1.82, 2.24) is 20.3 Å². The standard InChI is InChI=1S/C20H29ClN6O3/c1-12(2)23-18-25-19(24-13(3)4)27-20(26-18)29-9-8-22-17(28)11-30-16-7-6-15(21)10-14(16)5/h6-7,10,12-13H,8-9,11H2,1-5H3,(H,22,28)(H2,23,24,25,26,27). The number of carbonyl (C=O) groups excluding carboxylic acids is 1. The summed E-state index contributed by atoms with van der Waals surface area (Å²) in [6.45, 7) is 10.2. The average molecular weight is 437 g/mol. The van der Waals surface area contributed by atoms with Gasteiger partial charge in [0.25, 0.3) is 5.91 Å². The second-order valence-corrected chi connectivity index (χ2v) is 7.70. The number of carbonyl (C=O) groups is 1. The molecule has 164 valence electrons. The van der Waals surface area contributed by atoms with Gasteiger partial charge in [0.05, 0.1) is 6.54 Å². The Kier molecular flexibility index (Phi) is 8.91. The van der Waals surface area contributed by atoms with E-state index in [9.17, 15) is 4.79 Å². The molecule has 1 heterocycles. The summed E-state index contributed by atoms with van der Waals surface area (Å²) in [6.07, 6.45) is 0. The van der Waals surface area contributed by atoms with E-state index in [-0.39, 0.29) is 43.8 Å². The van der Waals surface area contributed by atoms with E-state index in [4.69, 9.17) is 21.1 Å². The molecule has 3 N–H and O–H groups in total. The number of amides is 1. The highest BCUT2D eigenvalue weighted by Gasteiger charge is 2.10. The number of hydrogen-bond donors (Lipinski definition) is 3. The minimum atomic E-state index is -0.257. The molecule has 0 atom stereocenters. The first-order chi connectivity index (χ1) is 14.2. The van der Waals surface area contributed by atoms with Gasteiger partial charge in [-0.3, -0.25) is 4.79 Å². The molecule has 1 aromatic carbocycles. The van der Waals surface area contributed by atoms with Crippen LogP contribution < -0.4 is 25.4 Å². The molecule has 30 heavy (non-hydrogen) atoms. The summed E-state index contributed by atoms with van der Waals surface area (Å²) in [5.74, 6) is 1.21. The zero-order chi connectivity index (χ0) is 22.1. The summed E-state index contributed by atoms with van der Waals surface area (Å²) >= 11 is 5.91. The van der Waals surface area contributed by atoms with E-state index in [2.05, 4.69) is 30.9 Å². The van der Waals surface area contributed by atoms with Crippen LogP contribution in [0.4, 0.5) is 11.9 Å². The van der Waals surface area contributed by atoms with Gasteiger partial charge >= 0.3 is 6.01 Å². The number of ether oxygens (including phenoxy) is 2. The van der Waals surface area contributed by atoms with Crippen LogP contribution in [-0.2, 0) is 4.79 Å². The number of hydrogen-bond acceptors (Lipinski definition) is 8. The Bertz CT molecular complexity index is 819. The van der Waals surface area contributed by atoms with E-state index in [0.29, 0.717) is 22.7 Å². The number of aryl methyl sites for hydroxylation is 1. The van der Waals surface area contributed by atoms with E-state index in [1.54, 1.807) is 18.2 Å². The number of nitrogens with one attached hydrogen (secondary N) is 3. The molecule has 0 saturated carbocycles. The van der Waals surface area contributed by atoms with Gasteiger partial charge in [-0.1, -0.05) is 11.6 Å². The molecular formula is C20H29ClN6O3. The third-order valence-corrected chi connectivity index (χ3v) is 3.84. The van der Waals surface area contributed by atoms with Crippen molar-refractivity contribution in [2.45, 2.75) is 46.7 Å². The summed E-state index contributed by atoms with van der Waals surface area (Å²) in [5, 5.41) is 9.62. The quantitative estimate of drug-likeness (QED) is 0.461. The summed E-state index contributed by atoms with van der Waals surface area (Å²) in [6, 6.07) is 5.74. The van der Waals surface area contributed by atoms with Gasteiger partial charge in [0.2, 0.25) is 11.9 Å². The smallest absolute Gasteiger partial charge is 0.323 e. The van der Waals surface area contributed by atoms with Crippen molar-refractivity contribution in [3.8, 4) is 11.8 Å². The second-order valence-electron chi connectivity index (χ2n) is 7.26. The maximum atomic E-state index is 12.0. The Hall–Kier alpha value is -2.81. The maximum Gasteiger partial charge on any atom is 0.323 e. The summed E-state index contributed by atoms with van der Waals surface area (Å²) in [4.78, 5) is 24.8. The van der Waals surface area contributed by atoms with Gasteiger partial charge in [-0.05, 0) is 58.4 Å². The Morgan fingerprint density at radius 2 is 1.67 bits per heavy atom. The first-order valence-corrected chi connectivity index (χ1v) is 10.2. The Morgan fingerprint density at radius 1 is 1.03 bits per heavy atom. The molecule has 1 amide bonds. The largest absolute Gasteiger partial charge is 0.484 e. The summed E-state index contributed by atoms with van der Waals surface area (Å²) in [7, 11) is 0. The van der Waals surface area contributed by atoms with Crippen LogP contribution in [-0.4, -0.2) is 52.7 Å². The molecular weight excluding hydrogens is 408 g/mol. The molecule has 0 bridgehead atoms. The van der Waals surface area contributed by atoms with Crippen LogP contribution in [0.25, 0.3) is 0 Å². The predicted molar refractivity (Wildman–Crippen MR) is 118 cm³/mol. The van der Waals surface area contributed by atoms with Crippen LogP contribution in [0.5, 0.6) is 11.8 Å². The van der Waals surface area contributed by atoms with Crippen molar-refractivity contribution in [2.24, 2.45) is 0 Å². The Labute approximate surface area is 182 Å². The van der Waals surface area contributed by atoms with E-state index < -0.39 is 0 Å². The molecule has 0 fully saturated rings. The van der Waals surface area contributed by atoms with Crippen molar-refractivity contribution in [1.29, 1.82) is 0 Å². The van der Waals surface area contributed by atoms with Crippen LogP contribution >= 0.6 is 11.6 Å². The molecule has 0 radical (unpaired) electrons. The minimum Gasteiger partial charge on any atom is -0.484 e. The SMILES string of the molecule is Cc1cc(Cl)ccc1OCC(=O)NCCOc1nc(NC(C)C)nc(NC(C)C)n1. The number of halogens is 1. The summed E-state index contributed by atoms with van der Waals surface area (Å²) < 4.78 is 11.1. The molecule has 0 aliphatic carbocycles. The fraction of sp³-hybridized carbons (Fsp3) is 0.500. The van der Waals surface area contributed by atoms with E-state index in [1.807, 2.05) is 34.6 Å². The van der Waals surface area contributed by atoms with Gasteiger partial charge < -0.3 is 25.4 Å². The van der Waals surface area contributed by atoms with Crippen molar-refractivity contribution in [2.75, 3.05) is 30.4 Å². The van der Waals surface area contributed by atoms with E-state index in [0.717, 1.165) is 5.56 Å². The van der Waals surface area contributed by atoms with E-state index >= 15 is 0 Å². The van der Waals surface area contributed by atoms with Crippen LogP contribution in [0.3, 0.4) is 0 Å². The molecule has 0 aliphatic rings. The van der Waals surface area contributed by atoms with Gasteiger partial charge in [-0.2, -0.15) is 15.0 Å². The van der Waals surface area contributed by atoms with Gasteiger partial charge in [0.1, 0.15) is 12.4 Å². The molecule has 0 saturated heterocycles. The first-order valence-electron chi connectivity index (χ1n) is 9.80. The summed E-state index contributed by atoms with van der Waals surface area (Å²) in [5.41, 5.74) is 0.866. The third kappa shape index (κ3) is 8.28. The Balaban J connectivity index is 1.81. The fourth-order valence-electron chi connectivity index (χ4n) is 2.37. The Morgan fingerprint density at radius 3 is 2.23 bits per heavy atom. The third-order valence-electron chi connectivity index (χ3n) is 3.60. The van der Waals surface area contributed by atoms with Crippen LogP contribution in [0.15, 0.2) is 18.2 Å². The van der Waals surface area contributed by atoms with E-state index in [1.165, 1.54) is 0 Å². The molecule has 9 nitrogen and oxygen atoms in total. The maximum absolute atomic E-state index is 12.0. The van der Waals surface area contributed by atoms with Gasteiger partial charge in [0, 0.05) is 17.1 Å². The molecule has 1 aromatic heterocycles. The van der Waals surface area contributed by atoms with Crippen molar-refractivity contribution < 1.29 is 14.3 Å². The number of benzene rings is 1. The van der Waals surface area contributed by atoms with Gasteiger partial charge in [0.15, 0.2) is 6.61 Å². The first kappa shape index (κ1) is 23.5. The lowest BCUT2D eigenvalue weighted by Gasteiger charge is -2.14. The fourth-order valence-corrected chi connectivity index (χ4v) is 2.60. The normalized spacial score (nSPS) is 10.8. The molecule has 0 unspecified atom stereocenters. The van der Waals surface area contributed by atoms with Gasteiger partial charge in [-0.15, -0.1) is 0 Å². The zero-order valence-corrected chi connectivity index (χ0v) is 18.7. The lowest BCUT2D eigenvalue weighted by Crippen LogP contribution is -2.32. The topological polar surface area (TPSA) is 110 Å². The number of nitrogens with zero attached hydrogens (tertiary/aromatic N) is 3. The van der Waals surface area contributed by atoms with Crippen molar-refractivity contribution in [3.05, 3.63) is 28.8 Å². The highest BCUT2D eigenvalue weighted by molar-refractivity contribution is 6.30. The molecule has 2 rings (SSSR count). The van der Waals surface area contributed by atoms with Gasteiger partial charge in [-0.25, -0.2) is 0 Å². The van der Waals surface area contributed by atoms with Crippen LogP contribution in [0.1, 0.15) is 33.3 Å². The lowest BCUT2D eigenvalue weighted by molar-refractivity contribution is -0.123. The lowest BCUT2D eigenvalue weighted by atomic mass is 10.2. The molecule has 2 aromatic rings. The van der Waals surface area contributed by atoms with Crippen molar-refractivity contribution >= 4 is 29.4 Å². The monoisotopic (exact) mass is 436 g/mol. The zero-order valence-electron chi connectivity index (χ0n) is 18.0. The molecule has 0 aliphatic heterocycles. The highest BCUT2D eigenvalue weighted by atomic mass is 35.5. The predicted octanol–water partition coefficient (Wildman–Crippen LogP) is 3.05.